The Hall–Kier alpha value is -1.19. The monoisotopic (exact) mass is 402 g/mol. The maximum atomic E-state index is 14.2. The summed E-state index contributed by atoms with van der Waals surface area (Å²) in [5.41, 5.74) is 0. The molecule has 0 bridgehead atoms. The van der Waals surface area contributed by atoms with Gasteiger partial charge < -0.3 is 16.0 Å². The number of carbonyl (C=O) groups excluding carboxylic acids is 2. The molecule has 4 N–H and O–H groups in total. The van der Waals surface area contributed by atoms with E-state index in [1.54, 1.807) is 0 Å². The zero-order valence-electron chi connectivity index (χ0n) is 16.1. The van der Waals surface area contributed by atoms with Crippen LogP contribution >= 0.6 is 0 Å². The lowest BCUT2D eigenvalue weighted by molar-refractivity contribution is -0.135. The molecule has 6 nitrogen and oxygen atoms in total. The number of Topliss-reactive ketones (excluding diaryl/α,β-unsaturated/α-hetero) is 1. The van der Waals surface area contributed by atoms with Crippen LogP contribution in [0.1, 0.15) is 26.7 Å². The average Bonchev–Trinajstić information content (AvgIpc) is 3.23. The highest BCUT2D eigenvalue weighted by atomic mass is 19.2. The van der Waals surface area contributed by atoms with Crippen molar-refractivity contribution in [3.05, 3.63) is 0 Å². The molecule has 158 valence electrons. The van der Waals surface area contributed by atoms with Gasteiger partial charge in [-0.15, -0.1) is 0 Å². The smallest absolute Gasteiger partial charge is 0.225 e. The van der Waals surface area contributed by atoms with Gasteiger partial charge in [0.05, 0.1) is 18.0 Å². The van der Waals surface area contributed by atoms with Crippen LogP contribution in [0.2, 0.25) is 0 Å². The largest absolute Gasteiger partial charge is 0.354 e. The molecule has 0 radical (unpaired) electrons. The molecule has 1 aliphatic carbocycles. The number of hydrogen-bond donors (Lipinski definition) is 4. The third-order valence-electron chi connectivity index (χ3n) is 6.91. The fourth-order valence-electron chi connectivity index (χ4n) is 5.62. The predicted molar refractivity (Wildman–Crippen MR) is 96.7 cm³/mol. The number of piperidine rings is 1. The van der Waals surface area contributed by atoms with Crippen LogP contribution in [0.5, 0.6) is 0 Å². The molecule has 4 rings (SSSR count). The van der Waals surface area contributed by atoms with Crippen molar-refractivity contribution >= 4 is 11.7 Å². The van der Waals surface area contributed by atoms with Gasteiger partial charge in [0.25, 0.3) is 0 Å². The third-order valence-corrected chi connectivity index (χ3v) is 6.91. The molecule has 0 aromatic heterocycles. The molecular formula is C19H29F3N4O2. The van der Waals surface area contributed by atoms with E-state index in [1.165, 1.54) is 0 Å². The Morgan fingerprint density at radius 2 is 1.86 bits per heavy atom. The van der Waals surface area contributed by atoms with Crippen molar-refractivity contribution in [2.24, 2.45) is 23.7 Å². The number of alkyl halides is 3. The number of fused-ring (bicyclic) bond motifs is 2. The van der Waals surface area contributed by atoms with E-state index in [1.807, 2.05) is 13.8 Å². The summed E-state index contributed by atoms with van der Waals surface area (Å²) >= 11 is 0. The van der Waals surface area contributed by atoms with Gasteiger partial charge in [0.1, 0.15) is 18.1 Å². The molecule has 4 fully saturated rings. The third kappa shape index (κ3) is 3.35. The molecule has 4 aliphatic rings. The maximum absolute atomic E-state index is 14.2. The van der Waals surface area contributed by atoms with E-state index in [0.717, 1.165) is 0 Å². The first-order chi connectivity index (χ1) is 13.3. The first-order valence-corrected chi connectivity index (χ1v) is 10.3. The Morgan fingerprint density at radius 3 is 2.57 bits per heavy atom. The summed E-state index contributed by atoms with van der Waals surface area (Å²) in [5, 5.41) is 12.5. The molecule has 0 aromatic rings. The van der Waals surface area contributed by atoms with E-state index in [0.29, 0.717) is 13.1 Å². The lowest BCUT2D eigenvalue weighted by Gasteiger charge is -2.41. The Balaban J connectivity index is 1.44. The molecule has 0 spiro atoms. The summed E-state index contributed by atoms with van der Waals surface area (Å²) in [5.74, 6) is -1.49. The lowest BCUT2D eigenvalue weighted by Crippen LogP contribution is -2.59. The van der Waals surface area contributed by atoms with Crippen LogP contribution in [0.15, 0.2) is 0 Å². The maximum Gasteiger partial charge on any atom is 0.225 e. The van der Waals surface area contributed by atoms with Crippen molar-refractivity contribution in [2.45, 2.75) is 69.5 Å². The van der Waals surface area contributed by atoms with Crippen LogP contribution in [0.3, 0.4) is 0 Å². The summed E-state index contributed by atoms with van der Waals surface area (Å²) in [4.78, 5) is 25.3. The van der Waals surface area contributed by atoms with Gasteiger partial charge in [-0.2, -0.15) is 0 Å². The van der Waals surface area contributed by atoms with Crippen LogP contribution in [-0.4, -0.2) is 67.6 Å². The molecule has 28 heavy (non-hydrogen) atoms. The van der Waals surface area contributed by atoms with E-state index in [2.05, 4.69) is 21.3 Å². The van der Waals surface area contributed by atoms with Crippen molar-refractivity contribution in [1.82, 2.24) is 21.3 Å². The SMILES string of the molecule is CC(C)NC(=O)C1CNC2NC(C3CNC4C(F)C(F)C(F)CC34)CC(=O)C21. The first-order valence-electron chi connectivity index (χ1n) is 10.3. The number of nitrogens with one attached hydrogen (secondary N) is 4. The highest BCUT2D eigenvalue weighted by molar-refractivity contribution is 5.91. The van der Waals surface area contributed by atoms with E-state index >= 15 is 0 Å². The quantitative estimate of drug-likeness (QED) is 0.543. The van der Waals surface area contributed by atoms with Crippen molar-refractivity contribution < 1.29 is 22.8 Å². The average molecular weight is 402 g/mol. The van der Waals surface area contributed by atoms with Crippen LogP contribution in [0, 0.1) is 23.7 Å². The molecule has 9 heteroatoms. The van der Waals surface area contributed by atoms with Crippen molar-refractivity contribution in [3.63, 3.8) is 0 Å². The highest BCUT2D eigenvalue weighted by Crippen LogP contribution is 2.42. The summed E-state index contributed by atoms with van der Waals surface area (Å²) in [7, 11) is 0. The fraction of sp³-hybridized carbons (Fsp3) is 0.895. The number of hydrogen-bond acceptors (Lipinski definition) is 5. The zero-order valence-corrected chi connectivity index (χ0v) is 16.1. The normalized spacial score (nSPS) is 48.4. The molecule has 10 atom stereocenters. The molecule has 1 amide bonds. The van der Waals surface area contributed by atoms with Crippen LogP contribution in [-0.2, 0) is 9.59 Å². The molecule has 1 saturated carbocycles. The first kappa shape index (κ1) is 20.1. The van der Waals surface area contributed by atoms with Gasteiger partial charge in [-0.3, -0.25) is 14.9 Å². The second-order valence-corrected chi connectivity index (χ2v) is 9.03. The lowest BCUT2D eigenvalue weighted by atomic mass is 9.72. The fourth-order valence-corrected chi connectivity index (χ4v) is 5.62. The molecular weight excluding hydrogens is 373 g/mol. The molecule has 3 saturated heterocycles. The zero-order chi connectivity index (χ0) is 20.2. The minimum absolute atomic E-state index is 0.000344. The summed E-state index contributed by atoms with van der Waals surface area (Å²) < 4.78 is 41.9. The minimum atomic E-state index is -2.09. The van der Waals surface area contributed by atoms with Crippen molar-refractivity contribution in [2.75, 3.05) is 13.1 Å². The van der Waals surface area contributed by atoms with E-state index in [9.17, 15) is 22.8 Å². The number of halogens is 3. The molecule has 3 aliphatic heterocycles. The number of ketones is 1. The van der Waals surface area contributed by atoms with Crippen LogP contribution in [0.25, 0.3) is 0 Å². The molecule has 0 aromatic carbocycles. The Morgan fingerprint density at radius 1 is 1.11 bits per heavy atom. The van der Waals surface area contributed by atoms with Crippen LogP contribution in [0.4, 0.5) is 13.2 Å². The Labute approximate surface area is 162 Å². The molecule has 3 heterocycles. The van der Waals surface area contributed by atoms with E-state index < -0.39 is 36.4 Å². The van der Waals surface area contributed by atoms with Gasteiger partial charge in [0.2, 0.25) is 5.91 Å². The van der Waals surface area contributed by atoms with Gasteiger partial charge >= 0.3 is 0 Å². The topological polar surface area (TPSA) is 82.3 Å². The van der Waals surface area contributed by atoms with Gasteiger partial charge in [-0.1, -0.05) is 0 Å². The number of carbonyl (C=O) groups is 2. The number of amides is 1. The second kappa shape index (κ2) is 7.57. The summed E-state index contributed by atoms with van der Waals surface area (Å²) in [6.45, 7) is 4.59. The van der Waals surface area contributed by atoms with Gasteiger partial charge in [0, 0.05) is 37.6 Å². The predicted octanol–water partition coefficient (Wildman–Crippen LogP) is 0.226. The van der Waals surface area contributed by atoms with E-state index in [4.69, 9.17) is 0 Å². The number of rotatable bonds is 3. The van der Waals surface area contributed by atoms with Crippen LogP contribution < -0.4 is 21.3 Å². The minimum Gasteiger partial charge on any atom is -0.354 e. The second-order valence-electron chi connectivity index (χ2n) is 9.03. The van der Waals surface area contributed by atoms with E-state index in [-0.39, 0.29) is 54.6 Å². The van der Waals surface area contributed by atoms with Gasteiger partial charge in [-0.25, -0.2) is 13.2 Å². The van der Waals surface area contributed by atoms with Crippen molar-refractivity contribution in [3.8, 4) is 0 Å². The molecule has 10 unspecified atom stereocenters. The Kier molecular flexibility index (Phi) is 5.43. The van der Waals surface area contributed by atoms with Gasteiger partial charge in [-0.05, 0) is 32.1 Å². The highest BCUT2D eigenvalue weighted by Gasteiger charge is 2.55. The summed E-state index contributed by atoms with van der Waals surface area (Å²) in [6, 6.07) is -0.950. The summed E-state index contributed by atoms with van der Waals surface area (Å²) in [6.07, 6.45) is -5.89. The standard InChI is InChI=1S/C19H29F3N4O2/c1-7(2)25-19(28)10-6-24-18-14(10)13(27)4-12(26-18)9-5-23-17-8(9)3-11(20)15(21)16(17)22/h7-12,14-18,23-24,26H,3-6H2,1-2H3,(H,25,28). The Bertz CT molecular complexity index is 636. The van der Waals surface area contributed by atoms with Crippen molar-refractivity contribution in [1.29, 1.82) is 0 Å². The van der Waals surface area contributed by atoms with Gasteiger partial charge in [0.15, 0.2) is 6.17 Å².